The molecule has 0 saturated carbocycles. The number of para-hydroxylation sites is 1. The van der Waals surface area contributed by atoms with Crippen molar-refractivity contribution in [1.82, 2.24) is 0 Å². The Hall–Kier alpha value is -1.49. The number of nitrogens with zero attached hydrogens (tertiary/aromatic N) is 1. The lowest BCUT2D eigenvalue weighted by Gasteiger charge is -2.19. The van der Waals surface area contributed by atoms with Crippen molar-refractivity contribution in [3.05, 3.63) is 29.3 Å². The van der Waals surface area contributed by atoms with Crippen molar-refractivity contribution in [2.75, 3.05) is 5.32 Å². The van der Waals surface area contributed by atoms with Crippen molar-refractivity contribution < 1.29 is 0 Å². The summed E-state index contributed by atoms with van der Waals surface area (Å²) in [5.74, 6) is 0.314. The Morgan fingerprint density at radius 2 is 1.73 bits per heavy atom. The number of nitriles is 1. The molecule has 0 fully saturated rings. The molecule has 15 heavy (non-hydrogen) atoms. The number of hydrogen-bond acceptors (Lipinski definition) is 2. The summed E-state index contributed by atoms with van der Waals surface area (Å²) in [5.41, 5.74) is 3.48. The molecule has 0 aliphatic carbocycles. The first kappa shape index (κ1) is 11.6. The van der Waals surface area contributed by atoms with Gasteiger partial charge in [0.25, 0.3) is 0 Å². The Bertz CT molecular complexity index is 354. The monoisotopic (exact) mass is 202 g/mol. The molecule has 1 unspecified atom stereocenters. The molecule has 0 bridgehead atoms. The molecule has 0 spiro atoms. The Labute approximate surface area is 91.9 Å². The standard InChI is InChI=1S/C13H18N2/c1-9(2)12(8-14)15-13-10(3)6-5-7-11(13)4/h5-7,9,12,15H,1-4H3. The van der Waals surface area contributed by atoms with Crippen LogP contribution < -0.4 is 5.32 Å². The molecular formula is C13H18N2. The van der Waals surface area contributed by atoms with Crippen LogP contribution in [0.1, 0.15) is 25.0 Å². The highest BCUT2D eigenvalue weighted by atomic mass is 14.9. The van der Waals surface area contributed by atoms with Gasteiger partial charge in [0.15, 0.2) is 0 Å². The molecular weight excluding hydrogens is 184 g/mol. The molecule has 2 heteroatoms. The van der Waals surface area contributed by atoms with Gasteiger partial charge in [0.1, 0.15) is 6.04 Å². The van der Waals surface area contributed by atoms with Gasteiger partial charge in [0.05, 0.1) is 6.07 Å². The maximum Gasteiger partial charge on any atom is 0.116 e. The molecule has 0 radical (unpaired) electrons. The molecule has 0 aromatic heterocycles. The lowest BCUT2D eigenvalue weighted by Crippen LogP contribution is -2.24. The van der Waals surface area contributed by atoms with Crippen LogP contribution in [0.15, 0.2) is 18.2 Å². The molecule has 80 valence electrons. The molecule has 1 N–H and O–H groups in total. The average molecular weight is 202 g/mol. The maximum absolute atomic E-state index is 9.03. The molecule has 1 rings (SSSR count). The van der Waals surface area contributed by atoms with E-state index >= 15 is 0 Å². The minimum atomic E-state index is -0.121. The van der Waals surface area contributed by atoms with E-state index < -0.39 is 0 Å². The molecule has 0 aliphatic rings. The number of rotatable bonds is 3. The lowest BCUT2D eigenvalue weighted by molar-refractivity contribution is 0.608. The van der Waals surface area contributed by atoms with Gasteiger partial charge in [-0.1, -0.05) is 32.0 Å². The fourth-order valence-electron chi connectivity index (χ4n) is 1.55. The fourth-order valence-corrected chi connectivity index (χ4v) is 1.55. The number of anilines is 1. The van der Waals surface area contributed by atoms with E-state index in [4.69, 9.17) is 5.26 Å². The van der Waals surface area contributed by atoms with Crippen molar-refractivity contribution in [2.24, 2.45) is 5.92 Å². The van der Waals surface area contributed by atoms with Crippen molar-refractivity contribution in [1.29, 1.82) is 5.26 Å². The Morgan fingerprint density at radius 3 is 2.13 bits per heavy atom. The minimum absolute atomic E-state index is 0.121. The highest BCUT2D eigenvalue weighted by Gasteiger charge is 2.13. The Kier molecular flexibility index (Phi) is 3.74. The third-order valence-corrected chi connectivity index (χ3v) is 2.59. The van der Waals surface area contributed by atoms with E-state index in [1.54, 1.807) is 0 Å². The van der Waals surface area contributed by atoms with Gasteiger partial charge in [-0.25, -0.2) is 0 Å². The number of hydrogen-bond donors (Lipinski definition) is 1. The molecule has 1 atom stereocenters. The van der Waals surface area contributed by atoms with Gasteiger partial charge in [-0.05, 0) is 30.9 Å². The quantitative estimate of drug-likeness (QED) is 0.816. The van der Waals surface area contributed by atoms with Crippen LogP contribution >= 0.6 is 0 Å². The van der Waals surface area contributed by atoms with Crippen LogP contribution in [-0.2, 0) is 0 Å². The SMILES string of the molecule is Cc1cccc(C)c1NC(C#N)C(C)C. The van der Waals surface area contributed by atoms with E-state index in [9.17, 15) is 0 Å². The highest BCUT2D eigenvalue weighted by Crippen LogP contribution is 2.21. The van der Waals surface area contributed by atoms with Gasteiger partial charge < -0.3 is 5.32 Å². The van der Waals surface area contributed by atoms with Gasteiger partial charge in [-0.2, -0.15) is 5.26 Å². The molecule has 0 aliphatic heterocycles. The fraction of sp³-hybridized carbons (Fsp3) is 0.462. The smallest absolute Gasteiger partial charge is 0.116 e. The molecule has 1 aromatic rings. The first-order chi connectivity index (χ1) is 7.06. The van der Waals surface area contributed by atoms with Gasteiger partial charge in [0.2, 0.25) is 0 Å². The van der Waals surface area contributed by atoms with Crippen molar-refractivity contribution >= 4 is 5.69 Å². The van der Waals surface area contributed by atoms with Crippen LogP contribution in [0.4, 0.5) is 5.69 Å². The Morgan fingerprint density at radius 1 is 1.20 bits per heavy atom. The second kappa shape index (κ2) is 4.84. The summed E-state index contributed by atoms with van der Waals surface area (Å²) < 4.78 is 0. The second-order valence-corrected chi connectivity index (χ2v) is 4.26. The molecule has 0 saturated heterocycles. The topological polar surface area (TPSA) is 35.8 Å². The molecule has 1 aromatic carbocycles. The third kappa shape index (κ3) is 2.73. The van der Waals surface area contributed by atoms with Crippen molar-refractivity contribution in [3.8, 4) is 6.07 Å². The van der Waals surface area contributed by atoms with E-state index in [0.29, 0.717) is 5.92 Å². The Balaban J connectivity index is 2.94. The summed E-state index contributed by atoms with van der Waals surface area (Å²) in [7, 11) is 0. The lowest BCUT2D eigenvalue weighted by atomic mass is 10.0. The molecule has 2 nitrogen and oxygen atoms in total. The molecule has 0 heterocycles. The van der Waals surface area contributed by atoms with E-state index in [2.05, 4.69) is 51.2 Å². The zero-order valence-electron chi connectivity index (χ0n) is 9.83. The summed E-state index contributed by atoms with van der Waals surface area (Å²) in [5, 5.41) is 12.3. The van der Waals surface area contributed by atoms with Crippen LogP contribution in [0, 0.1) is 31.1 Å². The van der Waals surface area contributed by atoms with Crippen LogP contribution in [0.5, 0.6) is 0 Å². The normalized spacial score (nSPS) is 12.3. The maximum atomic E-state index is 9.03. The zero-order chi connectivity index (χ0) is 11.4. The third-order valence-electron chi connectivity index (χ3n) is 2.59. The van der Waals surface area contributed by atoms with E-state index in [0.717, 1.165) is 5.69 Å². The molecule has 0 amide bonds. The predicted octanol–water partition coefficient (Wildman–Crippen LogP) is 3.26. The van der Waals surface area contributed by atoms with Gasteiger partial charge in [-0.15, -0.1) is 0 Å². The first-order valence-corrected chi connectivity index (χ1v) is 5.28. The van der Waals surface area contributed by atoms with E-state index in [1.165, 1.54) is 11.1 Å². The van der Waals surface area contributed by atoms with Crippen molar-refractivity contribution in [2.45, 2.75) is 33.7 Å². The summed E-state index contributed by atoms with van der Waals surface area (Å²) in [6.45, 7) is 8.22. The highest BCUT2D eigenvalue weighted by molar-refractivity contribution is 5.57. The summed E-state index contributed by atoms with van der Waals surface area (Å²) in [4.78, 5) is 0. The largest absolute Gasteiger partial charge is 0.369 e. The predicted molar refractivity (Wildman–Crippen MR) is 63.8 cm³/mol. The van der Waals surface area contributed by atoms with E-state index in [-0.39, 0.29) is 6.04 Å². The van der Waals surface area contributed by atoms with E-state index in [1.807, 2.05) is 6.07 Å². The van der Waals surface area contributed by atoms with Gasteiger partial charge in [0, 0.05) is 5.69 Å². The van der Waals surface area contributed by atoms with Crippen LogP contribution in [-0.4, -0.2) is 6.04 Å². The minimum Gasteiger partial charge on any atom is -0.369 e. The van der Waals surface area contributed by atoms with Gasteiger partial charge in [-0.3, -0.25) is 0 Å². The second-order valence-electron chi connectivity index (χ2n) is 4.26. The van der Waals surface area contributed by atoms with Crippen LogP contribution in [0.25, 0.3) is 0 Å². The number of aryl methyl sites for hydroxylation is 2. The summed E-state index contributed by atoms with van der Waals surface area (Å²) in [6.07, 6.45) is 0. The number of benzene rings is 1. The first-order valence-electron chi connectivity index (χ1n) is 5.28. The van der Waals surface area contributed by atoms with Gasteiger partial charge >= 0.3 is 0 Å². The summed E-state index contributed by atoms with van der Waals surface area (Å²) >= 11 is 0. The zero-order valence-corrected chi connectivity index (χ0v) is 9.83. The summed E-state index contributed by atoms with van der Waals surface area (Å²) in [6, 6.07) is 8.33. The van der Waals surface area contributed by atoms with Crippen LogP contribution in [0.2, 0.25) is 0 Å². The van der Waals surface area contributed by atoms with Crippen molar-refractivity contribution in [3.63, 3.8) is 0 Å². The van der Waals surface area contributed by atoms with Crippen LogP contribution in [0.3, 0.4) is 0 Å². The number of nitrogens with one attached hydrogen (secondary N) is 1. The average Bonchev–Trinajstić information content (AvgIpc) is 2.17.